The molecule has 1 atom stereocenters. The van der Waals surface area contributed by atoms with Gasteiger partial charge in [-0.2, -0.15) is 9.61 Å². The second kappa shape index (κ2) is 4.10. The molecule has 3 heterocycles. The molecule has 2 aromatic rings. The van der Waals surface area contributed by atoms with Gasteiger partial charge in [0.2, 0.25) is 0 Å². The standard InChI is InChI=1S/C11H15BrN6/c1-6-4-15-18-9(14)8(12)11(16-10(6)18)17-3-2-7(13)5-17/h4,7H,2-3,5,13-14H2,1H3/t7-/m1/s1. The molecule has 0 spiro atoms. The lowest BCUT2D eigenvalue weighted by Crippen LogP contribution is -2.27. The Hall–Kier alpha value is -1.34. The molecule has 7 heteroatoms. The van der Waals surface area contributed by atoms with Gasteiger partial charge in [-0.3, -0.25) is 0 Å². The van der Waals surface area contributed by atoms with Crippen molar-refractivity contribution in [3.63, 3.8) is 0 Å². The van der Waals surface area contributed by atoms with Crippen molar-refractivity contribution in [1.29, 1.82) is 0 Å². The molecule has 96 valence electrons. The third kappa shape index (κ3) is 1.65. The van der Waals surface area contributed by atoms with Crippen LogP contribution in [0.2, 0.25) is 0 Å². The predicted molar refractivity (Wildman–Crippen MR) is 74.6 cm³/mol. The number of nitrogen functional groups attached to an aromatic ring is 1. The first-order valence-electron chi connectivity index (χ1n) is 5.87. The molecule has 4 N–H and O–H groups in total. The average Bonchev–Trinajstić information content (AvgIpc) is 2.91. The molecule has 0 radical (unpaired) electrons. The van der Waals surface area contributed by atoms with E-state index in [0.717, 1.165) is 41.0 Å². The number of anilines is 2. The van der Waals surface area contributed by atoms with Crippen molar-refractivity contribution in [3.8, 4) is 0 Å². The number of nitrogens with zero attached hydrogens (tertiary/aromatic N) is 4. The van der Waals surface area contributed by atoms with Crippen molar-refractivity contribution in [2.24, 2.45) is 5.73 Å². The first-order valence-corrected chi connectivity index (χ1v) is 6.67. The summed E-state index contributed by atoms with van der Waals surface area (Å²) in [5.74, 6) is 1.43. The van der Waals surface area contributed by atoms with Crippen LogP contribution in [0.3, 0.4) is 0 Å². The second-order valence-electron chi connectivity index (χ2n) is 4.69. The summed E-state index contributed by atoms with van der Waals surface area (Å²) in [4.78, 5) is 6.82. The highest BCUT2D eigenvalue weighted by Crippen LogP contribution is 2.32. The molecule has 0 aromatic carbocycles. The van der Waals surface area contributed by atoms with Gasteiger partial charge in [-0.15, -0.1) is 0 Å². The van der Waals surface area contributed by atoms with Crippen molar-refractivity contribution in [1.82, 2.24) is 14.6 Å². The van der Waals surface area contributed by atoms with Gasteiger partial charge in [0, 0.05) is 24.7 Å². The van der Waals surface area contributed by atoms with Crippen molar-refractivity contribution < 1.29 is 0 Å². The number of hydrogen-bond acceptors (Lipinski definition) is 5. The van der Waals surface area contributed by atoms with Crippen LogP contribution >= 0.6 is 15.9 Å². The maximum absolute atomic E-state index is 6.09. The van der Waals surface area contributed by atoms with E-state index in [-0.39, 0.29) is 6.04 Å². The fourth-order valence-corrected chi connectivity index (χ4v) is 2.79. The fourth-order valence-electron chi connectivity index (χ4n) is 2.28. The summed E-state index contributed by atoms with van der Waals surface area (Å²) in [6, 6.07) is 0.210. The lowest BCUT2D eigenvalue weighted by molar-refractivity contribution is 0.751. The Labute approximate surface area is 113 Å². The van der Waals surface area contributed by atoms with Crippen LogP contribution in [0.4, 0.5) is 11.6 Å². The van der Waals surface area contributed by atoms with Gasteiger partial charge in [-0.05, 0) is 29.3 Å². The topological polar surface area (TPSA) is 85.5 Å². The number of nitrogens with two attached hydrogens (primary N) is 2. The first kappa shape index (κ1) is 11.7. The van der Waals surface area contributed by atoms with Crippen LogP contribution in [-0.4, -0.2) is 33.7 Å². The van der Waals surface area contributed by atoms with Gasteiger partial charge >= 0.3 is 0 Å². The summed E-state index contributed by atoms with van der Waals surface area (Å²) < 4.78 is 2.44. The van der Waals surface area contributed by atoms with Gasteiger partial charge < -0.3 is 16.4 Å². The summed E-state index contributed by atoms with van der Waals surface area (Å²) in [5.41, 5.74) is 13.8. The summed E-state index contributed by atoms with van der Waals surface area (Å²) in [5, 5.41) is 4.22. The van der Waals surface area contributed by atoms with E-state index in [2.05, 4.69) is 30.9 Å². The van der Waals surface area contributed by atoms with E-state index in [9.17, 15) is 0 Å². The van der Waals surface area contributed by atoms with Crippen LogP contribution in [-0.2, 0) is 0 Å². The average molecular weight is 311 g/mol. The molecule has 3 rings (SSSR count). The smallest absolute Gasteiger partial charge is 0.162 e. The minimum Gasteiger partial charge on any atom is -0.383 e. The van der Waals surface area contributed by atoms with Crippen LogP contribution in [0.1, 0.15) is 12.0 Å². The number of fused-ring (bicyclic) bond motifs is 1. The summed E-state index contributed by atoms with van der Waals surface area (Å²) >= 11 is 3.51. The van der Waals surface area contributed by atoms with Crippen molar-refractivity contribution in [2.75, 3.05) is 23.7 Å². The van der Waals surface area contributed by atoms with Crippen LogP contribution in [0.5, 0.6) is 0 Å². The highest BCUT2D eigenvalue weighted by molar-refractivity contribution is 9.10. The minimum absolute atomic E-state index is 0.210. The molecule has 0 saturated carbocycles. The highest BCUT2D eigenvalue weighted by Gasteiger charge is 2.24. The van der Waals surface area contributed by atoms with Gasteiger partial charge in [0.05, 0.1) is 6.20 Å². The van der Waals surface area contributed by atoms with Crippen LogP contribution in [0.25, 0.3) is 5.65 Å². The number of aryl methyl sites for hydroxylation is 1. The van der Waals surface area contributed by atoms with Crippen molar-refractivity contribution >= 4 is 33.2 Å². The first-order chi connectivity index (χ1) is 8.58. The Bertz CT molecular complexity index is 607. The largest absolute Gasteiger partial charge is 0.383 e. The molecule has 1 saturated heterocycles. The summed E-state index contributed by atoms with van der Waals surface area (Å²) in [6.07, 6.45) is 2.75. The molecule has 0 unspecified atom stereocenters. The van der Waals surface area contributed by atoms with Crippen molar-refractivity contribution in [2.45, 2.75) is 19.4 Å². The molecule has 0 aliphatic carbocycles. The zero-order valence-electron chi connectivity index (χ0n) is 10.1. The molecule has 2 aromatic heterocycles. The highest BCUT2D eigenvalue weighted by atomic mass is 79.9. The number of rotatable bonds is 1. The Morgan fingerprint density at radius 3 is 2.94 bits per heavy atom. The van der Waals surface area contributed by atoms with Gasteiger partial charge in [0.15, 0.2) is 5.65 Å². The second-order valence-corrected chi connectivity index (χ2v) is 5.49. The van der Waals surface area contributed by atoms with Crippen LogP contribution in [0, 0.1) is 6.92 Å². The molecule has 0 bridgehead atoms. The monoisotopic (exact) mass is 310 g/mol. The quantitative estimate of drug-likeness (QED) is 0.818. The lowest BCUT2D eigenvalue weighted by atomic mass is 10.3. The molecule has 6 nitrogen and oxygen atoms in total. The SMILES string of the molecule is Cc1cnn2c(N)c(Br)c(N3CC[C@@H](N)C3)nc12. The van der Waals surface area contributed by atoms with Crippen LogP contribution < -0.4 is 16.4 Å². The maximum atomic E-state index is 6.09. The normalized spacial score (nSPS) is 19.9. The van der Waals surface area contributed by atoms with E-state index >= 15 is 0 Å². The van der Waals surface area contributed by atoms with E-state index in [4.69, 9.17) is 11.5 Å². The van der Waals surface area contributed by atoms with E-state index in [1.807, 2.05) is 6.92 Å². The van der Waals surface area contributed by atoms with Gasteiger partial charge in [-0.25, -0.2) is 4.98 Å². The zero-order valence-corrected chi connectivity index (χ0v) is 11.7. The Kier molecular flexibility index (Phi) is 2.67. The molecule has 18 heavy (non-hydrogen) atoms. The van der Waals surface area contributed by atoms with Gasteiger partial charge in [0.1, 0.15) is 16.1 Å². The molecule has 0 amide bonds. The molecule has 1 fully saturated rings. The molecule has 1 aliphatic rings. The minimum atomic E-state index is 0.210. The fraction of sp³-hybridized carbons (Fsp3) is 0.455. The van der Waals surface area contributed by atoms with E-state index < -0.39 is 0 Å². The maximum Gasteiger partial charge on any atom is 0.162 e. The predicted octanol–water partition coefficient (Wildman–Crippen LogP) is 0.920. The van der Waals surface area contributed by atoms with E-state index in [1.54, 1.807) is 10.7 Å². The molecular weight excluding hydrogens is 296 g/mol. The number of hydrogen-bond donors (Lipinski definition) is 2. The van der Waals surface area contributed by atoms with E-state index in [0.29, 0.717) is 5.82 Å². The Morgan fingerprint density at radius 2 is 2.28 bits per heavy atom. The van der Waals surface area contributed by atoms with Gasteiger partial charge in [0.25, 0.3) is 0 Å². The Morgan fingerprint density at radius 1 is 1.50 bits per heavy atom. The lowest BCUT2D eigenvalue weighted by Gasteiger charge is -2.19. The Balaban J connectivity index is 2.17. The zero-order chi connectivity index (χ0) is 12.9. The molecular formula is C11H15BrN6. The summed E-state index contributed by atoms with van der Waals surface area (Å²) in [7, 11) is 0. The van der Waals surface area contributed by atoms with Crippen LogP contribution in [0.15, 0.2) is 10.7 Å². The van der Waals surface area contributed by atoms with Gasteiger partial charge in [-0.1, -0.05) is 0 Å². The van der Waals surface area contributed by atoms with Crippen molar-refractivity contribution in [3.05, 3.63) is 16.2 Å². The third-order valence-corrected chi connectivity index (χ3v) is 4.07. The third-order valence-electron chi connectivity index (χ3n) is 3.31. The summed E-state index contributed by atoms with van der Waals surface area (Å²) in [6.45, 7) is 3.70. The molecule has 1 aliphatic heterocycles. The van der Waals surface area contributed by atoms with E-state index in [1.165, 1.54) is 0 Å². The number of aromatic nitrogens is 3. The number of halogens is 1.